The first-order valence-electron chi connectivity index (χ1n) is 10.1. The molecule has 0 spiro atoms. The molecule has 0 bridgehead atoms. The summed E-state index contributed by atoms with van der Waals surface area (Å²) in [5.41, 5.74) is 2.27. The molecule has 28 heavy (non-hydrogen) atoms. The van der Waals surface area contributed by atoms with E-state index in [1.807, 2.05) is 12.1 Å². The third kappa shape index (κ3) is 8.50. The van der Waals surface area contributed by atoms with Gasteiger partial charge >= 0.3 is 0 Å². The molecule has 1 aromatic carbocycles. The second-order valence-corrected chi connectivity index (χ2v) is 8.96. The molecule has 0 aromatic heterocycles. The number of rotatable bonds is 7. The Kier molecular flexibility index (Phi) is 12.5. The predicted octanol–water partition coefficient (Wildman–Crippen LogP) is 4.09. The smallest absolute Gasteiger partial charge is 0.224 e. The van der Waals surface area contributed by atoms with Crippen LogP contribution in [-0.2, 0) is 11.2 Å². The normalized spacial score (nSPS) is 21.1. The first-order chi connectivity index (χ1) is 12.7. The zero-order valence-electron chi connectivity index (χ0n) is 16.8. The summed E-state index contributed by atoms with van der Waals surface area (Å²) in [5, 5.41) is 6.52. The quantitative estimate of drug-likeness (QED) is 0.660. The largest absolute Gasteiger partial charge is 0.326 e. The van der Waals surface area contributed by atoms with Crippen LogP contribution in [0.4, 0.5) is 5.69 Å². The number of anilines is 1. The van der Waals surface area contributed by atoms with Crippen molar-refractivity contribution < 1.29 is 4.79 Å². The van der Waals surface area contributed by atoms with Crippen LogP contribution in [0.3, 0.4) is 0 Å². The molecule has 3 rings (SSSR count). The van der Waals surface area contributed by atoms with Gasteiger partial charge in [-0.25, -0.2) is 0 Å². The van der Waals surface area contributed by atoms with Gasteiger partial charge < -0.3 is 15.5 Å². The van der Waals surface area contributed by atoms with Gasteiger partial charge in [0.05, 0.1) is 0 Å². The number of nitrogens with zero attached hydrogens (tertiary/aromatic N) is 1. The van der Waals surface area contributed by atoms with E-state index < -0.39 is 0 Å². The number of halogens is 2. The lowest BCUT2D eigenvalue weighted by Gasteiger charge is -2.28. The number of thioether (sulfide) groups is 1. The van der Waals surface area contributed by atoms with Crippen LogP contribution in [0.2, 0.25) is 0 Å². The highest BCUT2D eigenvalue weighted by Gasteiger charge is 2.22. The number of carbonyl (C=O) groups is 1. The maximum atomic E-state index is 12.3. The lowest BCUT2D eigenvalue weighted by Crippen LogP contribution is -2.34. The number of hydrogen-bond donors (Lipinski definition) is 2. The number of benzene rings is 1. The monoisotopic (exact) mass is 447 g/mol. The van der Waals surface area contributed by atoms with Crippen molar-refractivity contribution in [2.45, 2.75) is 32.6 Å². The van der Waals surface area contributed by atoms with Crippen molar-refractivity contribution in [2.24, 2.45) is 11.8 Å². The molecule has 4 nitrogen and oxygen atoms in total. The predicted molar refractivity (Wildman–Crippen MR) is 126 cm³/mol. The molecule has 0 aliphatic carbocycles. The summed E-state index contributed by atoms with van der Waals surface area (Å²) in [6.07, 6.45) is 4.17. The highest BCUT2D eigenvalue weighted by Crippen LogP contribution is 2.23. The average Bonchev–Trinajstić information content (AvgIpc) is 2.69. The zero-order valence-corrected chi connectivity index (χ0v) is 19.3. The zero-order chi connectivity index (χ0) is 18.2. The van der Waals surface area contributed by atoms with Gasteiger partial charge in [0.25, 0.3) is 0 Å². The fourth-order valence-electron chi connectivity index (χ4n) is 3.90. The van der Waals surface area contributed by atoms with Crippen LogP contribution in [0, 0.1) is 11.8 Å². The lowest BCUT2D eigenvalue weighted by atomic mass is 9.85. The minimum absolute atomic E-state index is 0. The number of piperidine rings is 1. The molecule has 7 heteroatoms. The molecule has 0 radical (unpaired) electrons. The van der Waals surface area contributed by atoms with E-state index in [1.54, 1.807) is 0 Å². The number of nitrogens with one attached hydrogen (secondary N) is 2. The second-order valence-electron chi connectivity index (χ2n) is 7.74. The minimum Gasteiger partial charge on any atom is -0.326 e. The van der Waals surface area contributed by atoms with Gasteiger partial charge in [-0.15, -0.1) is 24.8 Å². The molecule has 2 aliphatic heterocycles. The summed E-state index contributed by atoms with van der Waals surface area (Å²) < 4.78 is 0. The third-order valence-corrected chi connectivity index (χ3v) is 6.65. The topological polar surface area (TPSA) is 44.4 Å². The van der Waals surface area contributed by atoms with Gasteiger partial charge in [-0.05, 0) is 61.9 Å². The molecular formula is C21H35Cl2N3OS. The Labute approximate surface area is 186 Å². The molecule has 1 aromatic rings. The van der Waals surface area contributed by atoms with E-state index in [0.717, 1.165) is 31.7 Å². The van der Waals surface area contributed by atoms with Crippen LogP contribution in [0.25, 0.3) is 0 Å². The molecule has 160 valence electrons. The standard InChI is InChI=1S/C21H33N3OS.2ClH/c1-17(19-3-2-9-22-16-19)15-21(25)23-20-6-4-18(5-7-20)8-10-24-11-13-26-14-12-24;;/h4-7,17,19,22H,2-3,8-16H2,1H3,(H,23,25);2*1H. The van der Waals surface area contributed by atoms with E-state index in [0.29, 0.717) is 18.3 Å². The van der Waals surface area contributed by atoms with Gasteiger partial charge in [0.15, 0.2) is 0 Å². The fraction of sp³-hybridized carbons (Fsp3) is 0.667. The Morgan fingerprint density at radius 1 is 1.25 bits per heavy atom. The molecule has 2 aliphatic rings. The van der Waals surface area contributed by atoms with E-state index in [9.17, 15) is 4.79 Å². The van der Waals surface area contributed by atoms with Crippen molar-refractivity contribution in [3.8, 4) is 0 Å². The van der Waals surface area contributed by atoms with Crippen LogP contribution in [0.1, 0.15) is 31.7 Å². The highest BCUT2D eigenvalue weighted by molar-refractivity contribution is 7.99. The summed E-state index contributed by atoms with van der Waals surface area (Å²) in [5.74, 6) is 3.73. The van der Waals surface area contributed by atoms with E-state index in [4.69, 9.17) is 0 Å². The van der Waals surface area contributed by atoms with Gasteiger partial charge in [0.1, 0.15) is 0 Å². The first kappa shape index (κ1) is 25.6. The van der Waals surface area contributed by atoms with Gasteiger partial charge in [-0.3, -0.25) is 4.79 Å². The molecule has 2 N–H and O–H groups in total. The molecule has 2 heterocycles. The van der Waals surface area contributed by atoms with Crippen molar-refractivity contribution in [2.75, 3.05) is 49.5 Å². The van der Waals surface area contributed by atoms with E-state index in [-0.39, 0.29) is 30.7 Å². The van der Waals surface area contributed by atoms with Crippen molar-refractivity contribution in [3.63, 3.8) is 0 Å². The lowest BCUT2D eigenvalue weighted by molar-refractivity contribution is -0.117. The summed E-state index contributed by atoms with van der Waals surface area (Å²) in [6, 6.07) is 8.41. The third-order valence-electron chi connectivity index (χ3n) is 5.71. The molecule has 0 saturated carbocycles. The Morgan fingerprint density at radius 3 is 2.61 bits per heavy atom. The second kappa shape index (κ2) is 13.7. The number of carbonyl (C=O) groups excluding carboxylic acids is 1. The maximum Gasteiger partial charge on any atom is 0.224 e. The molecule has 2 unspecified atom stereocenters. The van der Waals surface area contributed by atoms with E-state index >= 15 is 0 Å². The van der Waals surface area contributed by atoms with Gasteiger partial charge in [0.2, 0.25) is 5.91 Å². The highest BCUT2D eigenvalue weighted by atomic mass is 35.5. The van der Waals surface area contributed by atoms with Crippen LogP contribution in [0.15, 0.2) is 24.3 Å². The van der Waals surface area contributed by atoms with E-state index in [2.05, 4.69) is 46.4 Å². The molecule has 2 saturated heterocycles. The summed E-state index contributed by atoms with van der Waals surface area (Å²) in [6.45, 7) is 7.96. The molecule has 2 atom stereocenters. The van der Waals surface area contributed by atoms with Crippen LogP contribution in [-0.4, -0.2) is 55.0 Å². The van der Waals surface area contributed by atoms with Crippen molar-refractivity contribution >= 4 is 48.2 Å². The van der Waals surface area contributed by atoms with Gasteiger partial charge in [-0.2, -0.15) is 11.8 Å². The van der Waals surface area contributed by atoms with Crippen molar-refractivity contribution in [1.29, 1.82) is 0 Å². The SMILES string of the molecule is CC(CC(=O)Nc1ccc(CCN2CCSCC2)cc1)C1CCCNC1.Cl.Cl. The summed E-state index contributed by atoms with van der Waals surface area (Å²) in [7, 11) is 0. The van der Waals surface area contributed by atoms with E-state index in [1.165, 1.54) is 43.0 Å². The molecular weight excluding hydrogens is 413 g/mol. The number of hydrogen-bond acceptors (Lipinski definition) is 4. The summed E-state index contributed by atoms with van der Waals surface area (Å²) >= 11 is 2.06. The Bertz CT molecular complexity index is 561. The average molecular weight is 449 g/mol. The molecule has 2 fully saturated rings. The summed E-state index contributed by atoms with van der Waals surface area (Å²) in [4.78, 5) is 14.9. The maximum absolute atomic E-state index is 12.3. The van der Waals surface area contributed by atoms with Crippen LogP contribution < -0.4 is 10.6 Å². The van der Waals surface area contributed by atoms with Crippen LogP contribution in [0.5, 0.6) is 0 Å². The minimum atomic E-state index is 0. The first-order valence-corrected chi connectivity index (χ1v) is 11.3. The Hall–Kier alpha value is -0.460. The van der Waals surface area contributed by atoms with Crippen LogP contribution >= 0.6 is 36.6 Å². The van der Waals surface area contributed by atoms with Crippen molar-refractivity contribution in [1.82, 2.24) is 10.2 Å². The Morgan fingerprint density at radius 2 is 1.96 bits per heavy atom. The Balaban J connectivity index is 0.00000196. The van der Waals surface area contributed by atoms with Gasteiger partial charge in [-0.1, -0.05) is 19.1 Å². The van der Waals surface area contributed by atoms with Crippen molar-refractivity contribution in [3.05, 3.63) is 29.8 Å². The number of amides is 1. The van der Waals surface area contributed by atoms with Gasteiger partial charge in [0, 0.05) is 43.2 Å². The molecule has 1 amide bonds. The fourth-order valence-corrected chi connectivity index (χ4v) is 4.88.